The van der Waals surface area contributed by atoms with Crippen molar-refractivity contribution in [3.63, 3.8) is 0 Å². The number of fused-ring (bicyclic) bond motifs is 7. The first-order chi connectivity index (χ1) is 26.3. The molecular weight excluding hydrogens is 671 g/mol. The molecule has 0 N–H and O–H groups in total. The number of nitrogens with zero attached hydrogens (tertiary/aromatic N) is 5. The Labute approximate surface area is 307 Å². The van der Waals surface area contributed by atoms with Crippen LogP contribution in [0.2, 0.25) is 0 Å². The zero-order valence-electron chi connectivity index (χ0n) is 28.1. The van der Waals surface area contributed by atoms with Crippen LogP contribution in [-0.2, 0) is 0 Å². The molecule has 53 heavy (non-hydrogen) atoms. The first kappa shape index (κ1) is 29.7. The van der Waals surface area contributed by atoms with Crippen molar-refractivity contribution in [1.82, 2.24) is 24.5 Å². The van der Waals surface area contributed by atoms with Crippen LogP contribution in [0.3, 0.4) is 0 Å². The van der Waals surface area contributed by atoms with Crippen LogP contribution in [0, 0.1) is 0 Å². The van der Waals surface area contributed by atoms with E-state index in [-0.39, 0.29) is 0 Å². The van der Waals surface area contributed by atoms with Gasteiger partial charge in [-0.05, 0) is 54.6 Å². The van der Waals surface area contributed by atoms with Gasteiger partial charge in [0.1, 0.15) is 5.52 Å². The molecule has 0 fully saturated rings. The first-order valence-electron chi connectivity index (χ1n) is 17.5. The predicted octanol–water partition coefficient (Wildman–Crippen LogP) is 12.1. The lowest BCUT2D eigenvalue weighted by molar-refractivity contribution is 0.620. The Morgan fingerprint density at radius 1 is 0.453 bits per heavy atom. The van der Waals surface area contributed by atoms with Gasteiger partial charge in [0.2, 0.25) is 5.89 Å². The molecule has 0 aliphatic carbocycles. The van der Waals surface area contributed by atoms with Crippen molar-refractivity contribution in [2.45, 2.75) is 0 Å². The molecule has 11 aromatic rings. The monoisotopic (exact) mass is 697 g/mol. The number of rotatable bonds is 5. The van der Waals surface area contributed by atoms with E-state index in [9.17, 15) is 0 Å². The molecule has 0 saturated heterocycles. The van der Waals surface area contributed by atoms with Crippen molar-refractivity contribution >= 4 is 64.4 Å². The fourth-order valence-corrected chi connectivity index (χ4v) is 8.71. The minimum Gasteiger partial charge on any atom is -0.436 e. The fraction of sp³-hybridized carbons (Fsp3) is 0. The summed E-state index contributed by atoms with van der Waals surface area (Å²) in [5.74, 6) is 2.50. The highest BCUT2D eigenvalue weighted by Crippen LogP contribution is 2.42. The highest BCUT2D eigenvalue weighted by molar-refractivity contribution is 7.26. The third-order valence-electron chi connectivity index (χ3n) is 9.90. The van der Waals surface area contributed by atoms with E-state index in [1.807, 2.05) is 48.5 Å². The van der Waals surface area contributed by atoms with Crippen LogP contribution in [0.15, 0.2) is 168 Å². The molecule has 0 atom stereocenters. The number of benzene rings is 7. The van der Waals surface area contributed by atoms with Gasteiger partial charge in [-0.1, -0.05) is 109 Å². The number of thiophene rings is 1. The van der Waals surface area contributed by atoms with Crippen LogP contribution in [-0.4, -0.2) is 24.5 Å². The summed E-state index contributed by atoms with van der Waals surface area (Å²) in [4.78, 5) is 20.4. The number of hydrogen-bond donors (Lipinski definition) is 0. The Hall–Kier alpha value is -6.96. The van der Waals surface area contributed by atoms with Crippen LogP contribution >= 0.6 is 11.3 Å². The highest BCUT2D eigenvalue weighted by atomic mass is 32.1. The van der Waals surface area contributed by atoms with E-state index in [1.165, 1.54) is 0 Å². The Balaban J connectivity index is 1.14. The maximum atomic E-state index is 6.13. The topological polar surface area (TPSA) is 69.6 Å². The van der Waals surface area contributed by atoms with Gasteiger partial charge >= 0.3 is 0 Å². The molecule has 6 nitrogen and oxygen atoms in total. The van der Waals surface area contributed by atoms with Crippen LogP contribution in [0.1, 0.15) is 0 Å². The average molecular weight is 698 g/mol. The van der Waals surface area contributed by atoms with Crippen molar-refractivity contribution in [2.75, 3.05) is 0 Å². The molecule has 4 aromatic heterocycles. The second-order valence-electron chi connectivity index (χ2n) is 13.0. The molecular formula is C46H27N5OS. The van der Waals surface area contributed by atoms with Crippen molar-refractivity contribution < 1.29 is 4.42 Å². The minimum atomic E-state index is 0.614. The molecule has 248 valence electrons. The normalized spacial score (nSPS) is 11.8. The van der Waals surface area contributed by atoms with Crippen LogP contribution < -0.4 is 0 Å². The van der Waals surface area contributed by atoms with Gasteiger partial charge in [0.05, 0.1) is 11.0 Å². The lowest BCUT2D eigenvalue weighted by atomic mass is 10.0. The van der Waals surface area contributed by atoms with Crippen molar-refractivity contribution in [3.05, 3.63) is 164 Å². The maximum Gasteiger partial charge on any atom is 0.227 e. The molecule has 7 heteroatoms. The standard InChI is InChI=1S/C46H27N5OS/c1-3-13-28(14-4-1)43-48-44(33-18-11-22-37-41(33)31-17-7-9-21-36(31)51(37)30-15-5-2-6-16-30)50-45(49-43)34-19-12-24-39-42(34)32-26-25-29(27-40(32)53-39)46-47-35-20-8-10-23-38(35)52-46/h1-27H. The summed E-state index contributed by atoms with van der Waals surface area (Å²) in [5, 5.41) is 4.50. The number of aromatic nitrogens is 5. The highest BCUT2D eigenvalue weighted by Gasteiger charge is 2.21. The van der Waals surface area contributed by atoms with Crippen LogP contribution in [0.5, 0.6) is 0 Å². The number of para-hydroxylation sites is 4. The summed E-state index contributed by atoms with van der Waals surface area (Å²) in [7, 11) is 0. The molecule has 4 heterocycles. The van der Waals surface area contributed by atoms with Crippen molar-refractivity contribution in [3.8, 4) is 51.3 Å². The Bertz CT molecular complexity index is 3150. The molecule has 7 aromatic carbocycles. The summed E-state index contributed by atoms with van der Waals surface area (Å²) in [6.07, 6.45) is 0. The van der Waals surface area contributed by atoms with E-state index in [4.69, 9.17) is 24.4 Å². The van der Waals surface area contributed by atoms with Gasteiger partial charge in [-0.3, -0.25) is 0 Å². The SMILES string of the molecule is c1ccc(-c2nc(-c3cccc4sc5cc(-c6nc7ccccc7o6)ccc5c34)nc(-c3cccc4c3c3ccccc3n4-c3ccccc3)n2)cc1. The lowest BCUT2D eigenvalue weighted by Gasteiger charge is -2.11. The Morgan fingerprint density at radius 2 is 1.13 bits per heavy atom. The third-order valence-corrected chi connectivity index (χ3v) is 11.0. The summed E-state index contributed by atoms with van der Waals surface area (Å²) in [6.45, 7) is 0. The molecule has 0 spiro atoms. The Morgan fingerprint density at radius 3 is 1.96 bits per heavy atom. The molecule has 0 aliphatic heterocycles. The van der Waals surface area contributed by atoms with E-state index in [2.05, 4.69) is 120 Å². The van der Waals surface area contributed by atoms with Gasteiger partial charge in [0.15, 0.2) is 23.1 Å². The average Bonchev–Trinajstić information content (AvgIpc) is 3.93. The summed E-state index contributed by atoms with van der Waals surface area (Å²) in [5.41, 5.74) is 8.75. The van der Waals surface area contributed by atoms with Gasteiger partial charge < -0.3 is 8.98 Å². The van der Waals surface area contributed by atoms with Gasteiger partial charge in [-0.25, -0.2) is 19.9 Å². The predicted molar refractivity (Wildman–Crippen MR) is 216 cm³/mol. The van der Waals surface area contributed by atoms with Gasteiger partial charge in [0.25, 0.3) is 0 Å². The van der Waals surface area contributed by atoms with Gasteiger partial charge in [-0.15, -0.1) is 11.3 Å². The van der Waals surface area contributed by atoms with E-state index < -0.39 is 0 Å². The molecule has 0 unspecified atom stereocenters. The van der Waals surface area contributed by atoms with Crippen molar-refractivity contribution in [1.29, 1.82) is 0 Å². The summed E-state index contributed by atoms with van der Waals surface area (Å²) < 4.78 is 10.7. The number of oxazole rings is 1. The zero-order valence-corrected chi connectivity index (χ0v) is 29.0. The smallest absolute Gasteiger partial charge is 0.227 e. The van der Waals surface area contributed by atoms with Gasteiger partial charge in [0, 0.05) is 58.9 Å². The molecule has 0 bridgehead atoms. The minimum absolute atomic E-state index is 0.614. The fourth-order valence-electron chi connectivity index (χ4n) is 7.53. The Kier molecular flexibility index (Phi) is 6.62. The quantitative estimate of drug-likeness (QED) is 0.179. The lowest BCUT2D eigenvalue weighted by Crippen LogP contribution is -2.01. The van der Waals surface area contributed by atoms with E-state index in [0.29, 0.717) is 23.4 Å². The molecule has 0 amide bonds. The summed E-state index contributed by atoms with van der Waals surface area (Å²) >= 11 is 1.75. The van der Waals surface area contributed by atoms with Crippen molar-refractivity contribution in [2.24, 2.45) is 0 Å². The van der Waals surface area contributed by atoms with E-state index >= 15 is 0 Å². The third kappa shape index (κ3) is 4.79. The molecule has 0 saturated carbocycles. The van der Waals surface area contributed by atoms with Crippen LogP contribution in [0.4, 0.5) is 0 Å². The van der Waals surface area contributed by atoms with Crippen LogP contribution in [0.25, 0.3) is 104 Å². The van der Waals surface area contributed by atoms with E-state index in [0.717, 1.165) is 81.0 Å². The maximum absolute atomic E-state index is 6.13. The first-order valence-corrected chi connectivity index (χ1v) is 18.3. The zero-order chi connectivity index (χ0) is 34.9. The molecule has 11 rings (SSSR count). The number of hydrogen-bond acceptors (Lipinski definition) is 6. The second kappa shape index (κ2) is 11.8. The largest absolute Gasteiger partial charge is 0.436 e. The molecule has 0 aliphatic rings. The second-order valence-corrected chi connectivity index (χ2v) is 14.1. The molecule has 0 radical (unpaired) electrons. The van der Waals surface area contributed by atoms with Gasteiger partial charge in [-0.2, -0.15) is 0 Å². The summed E-state index contributed by atoms with van der Waals surface area (Å²) in [6, 6.07) is 56.3. The van der Waals surface area contributed by atoms with E-state index in [1.54, 1.807) is 11.3 Å².